The molecule has 0 aliphatic heterocycles. The maximum absolute atomic E-state index is 13.3. The molecule has 0 spiro atoms. The van der Waals surface area contributed by atoms with Crippen molar-refractivity contribution in [2.45, 2.75) is 57.8 Å². The molecule has 0 aromatic carbocycles. The molecule has 4 nitrogen and oxygen atoms in total. The molecule has 0 radical (unpaired) electrons. The topological polar surface area (TPSA) is 64.3 Å². The lowest BCUT2D eigenvalue weighted by atomic mass is 9.47. The monoisotopic (exact) mass is 326 g/mol. The summed E-state index contributed by atoms with van der Waals surface area (Å²) in [6.07, 6.45) is 6.00. The van der Waals surface area contributed by atoms with E-state index in [0.29, 0.717) is 29.9 Å². The van der Waals surface area contributed by atoms with Gasteiger partial charge in [-0.1, -0.05) is 13.8 Å². The summed E-state index contributed by atoms with van der Waals surface area (Å²) in [5.41, 5.74) is 0.987. The Kier molecular flexibility index (Phi) is 2.60. The molecule has 4 heteroatoms. The first-order valence-electron chi connectivity index (χ1n) is 9.10. The van der Waals surface area contributed by atoms with Gasteiger partial charge >= 0.3 is 0 Å². The number of furan rings is 1. The molecule has 1 aromatic rings. The fourth-order valence-electron chi connectivity index (χ4n) is 6.46. The normalized spacial score (nSPS) is 43.4. The number of fused-ring (bicyclic) bond motifs is 4. The summed E-state index contributed by atoms with van der Waals surface area (Å²) in [6.45, 7) is 4.27. The lowest BCUT2D eigenvalue weighted by molar-refractivity contribution is -0.130. The van der Waals surface area contributed by atoms with E-state index in [1.807, 2.05) is 0 Å². The van der Waals surface area contributed by atoms with Crippen LogP contribution in [0, 0.1) is 23.2 Å². The van der Waals surface area contributed by atoms with Crippen LogP contribution in [-0.2, 0) is 10.2 Å². The molecular formula is C20H22O4. The van der Waals surface area contributed by atoms with E-state index in [1.165, 1.54) is 6.26 Å². The maximum Gasteiger partial charge on any atom is 0.202 e. The summed E-state index contributed by atoms with van der Waals surface area (Å²) < 4.78 is 5.64. The Morgan fingerprint density at radius 3 is 2.54 bits per heavy atom. The molecule has 126 valence electrons. The van der Waals surface area contributed by atoms with Gasteiger partial charge in [0.2, 0.25) is 5.78 Å². The number of carbonyl (C=O) groups excluding carboxylic acids is 3. The molecule has 5 atom stereocenters. The van der Waals surface area contributed by atoms with Gasteiger partial charge < -0.3 is 4.42 Å². The molecule has 1 aromatic heterocycles. The quantitative estimate of drug-likeness (QED) is 0.729. The van der Waals surface area contributed by atoms with Crippen LogP contribution in [-0.4, -0.2) is 17.3 Å². The van der Waals surface area contributed by atoms with Crippen LogP contribution in [0.15, 0.2) is 10.7 Å². The van der Waals surface area contributed by atoms with Crippen LogP contribution in [0.25, 0.3) is 0 Å². The number of rotatable bonds is 0. The summed E-state index contributed by atoms with van der Waals surface area (Å²) in [4.78, 5) is 38.0. The van der Waals surface area contributed by atoms with Crippen LogP contribution < -0.4 is 0 Å². The van der Waals surface area contributed by atoms with E-state index < -0.39 is 0 Å². The van der Waals surface area contributed by atoms with Crippen LogP contribution in [0.2, 0.25) is 0 Å². The fraction of sp³-hybridized carbons (Fsp3) is 0.650. The smallest absolute Gasteiger partial charge is 0.202 e. The van der Waals surface area contributed by atoms with E-state index in [0.717, 1.165) is 31.2 Å². The van der Waals surface area contributed by atoms with Crippen molar-refractivity contribution in [2.24, 2.45) is 23.2 Å². The van der Waals surface area contributed by atoms with E-state index in [4.69, 9.17) is 4.42 Å². The SMILES string of the molecule is C[C@]12CCC(=O)c3coc(c31)C(=O)[C@@H]1[C@@H]2CC[C@]2(C)C(=O)CC[C@@H]12. The Labute approximate surface area is 141 Å². The van der Waals surface area contributed by atoms with Crippen molar-refractivity contribution in [3.05, 3.63) is 23.2 Å². The Morgan fingerprint density at radius 2 is 1.75 bits per heavy atom. The van der Waals surface area contributed by atoms with Gasteiger partial charge in [-0.3, -0.25) is 14.4 Å². The minimum atomic E-state index is -0.343. The van der Waals surface area contributed by atoms with Gasteiger partial charge in [-0.2, -0.15) is 0 Å². The maximum atomic E-state index is 13.3. The Bertz CT molecular complexity index is 803. The third kappa shape index (κ3) is 1.44. The van der Waals surface area contributed by atoms with Crippen molar-refractivity contribution in [3.8, 4) is 0 Å². The standard InChI is InChI=1S/C20H22O4/c1-19-7-5-12-15(11(19)3-4-14(19)22)17(23)18-16-10(9-24-18)13(21)6-8-20(12,16)2/h9,11-12,15H,3-8H2,1-2H3/t11-,12-,15-,19-,20+/m0/s1. The van der Waals surface area contributed by atoms with Gasteiger partial charge in [-0.15, -0.1) is 0 Å². The van der Waals surface area contributed by atoms with Crippen molar-refractivity contribution in [1.82, 2.24) is 0 Å². The summed E-state index contributed by atoms with van der Waals surface area (Å²) >= 11 is 0. The van der Waals surface area contributed by atoms with E-state index in [-0.39, 0.29) is 40.2 Å². The second kappa shape index (κ2) is 4.27. The molecule has 0 amide bonds. The molecule has 4 aliphatic carbocycles. The average molecular weight is 326 g/mol. The van der Waals surface area contributed by atoms with Gasteiger partial charge in [-0.05, 0) is 37.5 Å². The molecule has 5 rings (SSSR count). The Hall–Kier alpha value is -1.71. The van der Waals surface area contributed by atoms with Crippen LogP contribution in [0.3, 0.4) is 0 Å². The first-order valence-corrected chi connectivity index (χ1v) is 9.10. The first kappa shape index (κ1) is 14.6. The largest absolute Gasteiger partial charge is 0.460 e. The van der Waals surface area contributed by atoms with E-state index in [2.05, 4.69) is 13.8 Å². The van der Waals surface area contributed by atoms with Crippen LogP contribution in [0.5, 0.6) is 0 Å². The molecule has 0 saturated heterocycles. The average Bonchev–Trinajstić information content (AvgIpc) is 3.13. The molecule has 1 heterocycles. The minimum absolute atomic E-state index is 0.0408. The molecule has 2 saturated carbocycles. The molecule has 0 bridgehead atoms. The van der Waals surface area contributed by atoms with Crippen molar-refractivity contribution < 1.29 is 18.8 Å². The summed E-state index contributed by atoms with van der Waals surface area (Å²) in [7, 11) is 0. The molecule has 24 heavy (non-hydrogen) atoms. The third-order valence-corrected chi connectivity index (χ3v) is 7.86. The summed E-state index contributed by atoms with van der Waals surface area (Å²) in [5, 5.41) is 0. The van der Waals surface area contributed by atoms with E-state index in [1.54, 1.807) is 0 Å². The zero-order valence-corrected chi connectivity index (χ0v) is 14.2. The van der Waals surface area contributed by atoms with Crippen molar-refractivity contribution in [3.63, 3.8) is 0 Å². The zero-order chi connectivity index (χ0) is 16.9. The second-order valence-electron chi connectivity index (χ2n) is 8.72. The molecule has 0 unspecified atom stereocenters. The zero-order valence-electron chi connectivity index (χ0n) is 14.2. The Balaban J connectivity index is 1.71. The van der Waals surface area contributed by atoms with Gasteiger partial charge in [0.05, 0.1) is 5.56 Å². The molecular weight excluding hydrogens is 304 g/mol. The second-order valence-corrected chi connectivity index (χ2v) is 8.72. The van der Waals surface area contributed by atoms with Crippen molar-refractivity contribution in [2.75, 3.05) is 0 Å². The van der Waals surface area contributed by atoms with Gasteiger partial charge in [0.1, 0.15) is 12.0 Å². The first-order chi connectivity index (χ1) is 11.4. The summed E-state index contributed by atoms with van der Waals surface area (Å²) in [6, 6.07) is 0. The highest BCUT2D eigenvalue weighted by atomic mass is 16.3. The van der Waals surface area contributed by atoms with E-state index >= 15 is 0 Å². The number of Topliss-reactive ketones (excluding diaryl/α,β-unsaturated/α-hetero) is 3. The lowest BCUT2D eigenvalue weighted by Gasteiger charge is -2.54. The van der Waals surface area contributed by atoms with Gasteiger partial charge in [-0.25, -0.2) is 0 Å². The van der Waals surface area contributed by atoms with Gasteiger partial charge in [0.15, 0.2) is 11.5 Å². The van der Waals surface area contributed by atoms with Crippen LogP contribution >= 0.6 is 0 Å². The third-order valence-electron chi connectivity index (χ3n) is 7.86. The van der Waals surface area contributed by atoms with Crippen LogP contribution in [0.4, 0.5) is 0 Å². The van der Waals surface area contributed by atoms with Gasteiger partial charge in [0, 0.05) is 35.2 Å². The van der Waals surface area contributed by atoms with Crippen molar-refractivity contribution >= 4 is 17.3 Å². The van der Waals surface area contributed by atoms with Crippen LogP contribution in [0.1, 0.15) is 78.8 Å². The highest BCUT2D eigenvalue weighted by Gasteiger charge is 2.63. The Morgan fingerprint density at radius 1 is 1.00 bits per heavy atom. The number of hydrogen-bond donors (Lipinski definition) is 0. The van der Waals surface area contributed by atoms with E-state index in [9.17, 15) is 14.4 Å². The molecule has 2 fully saturated rings. The predicted octanol–water partition coefficient (Wildman–Crippen LogP) is 3.72. The lowest BCUT2D eigenvalue weighted by Crippen LogP contribution is -2.55. The summed E-state index contributed by atoms with van der Waals surface area (Å²) in [5.74, 6) is 1.11. The minimum Gasteiger partial charge on any atom is -0.460 e. The highest BCUT2D eigenvalue weighted by Crippen LogP contribution is 2.63. The number of hydrogen-bond acceptors (Lipinski definition) is 4. The number of carbonyl (C=O) groups is 3. The molecule has 4 aliphatic rings. The fourth-order valence-corrected chi connectivity index (χ4v) is 6.46. The number of ketones is 3. The predicted molar refractivity (Wildman–Crippen MR) is 86.0 cm³/mol. The molecule has 0 N–H and O–H groups in total. The van der Waals surface area contributed by atoms with Crippen molar-refractivity contribution in [1.29, 1.82) is 0 Å². The van der Waals surface area contributed by atoms with Gasteiger partial charge in [0.25, 0.3) is 0 Å². The highest BCUT2D eigenvalue weighted by molar-refractivity contribution is 6.06.